The van der Waals surface area contributed by atoms with Crippen molar-refractivity contribution in [3.8, 4) is 0 Å². The molecule has 0 radical (unpaired) electrons. The third-order valence-electron chi connectivity index (χ3n) is 3.27. The average molecular weight is 333 g/mol. The van der Waals surface area contributed by atoms with Crippen LogP contribution in [-0.2, 0) is 21.6 Å². The van der Waals surface area contributed by atoms with Crippen LogP contribution in [0.2, 0.25) is 0 Å². The predicted octanol–water partition coefficient (Wildman–Crippen LogP) is 4.47. The molecule has 20 heavy (non-hydrogen) atoms. The Hall–Kier alpha value is -1.61. The molecule has 3 heteroatoms. The van der Waals surface area contributed by atoms with Gasteiger partial charge in [0.25, 0.3) is 0 Å². The van der Waals surface area contributed by atoms with Gasteiger partial charge in [-0.15, -0.1) is 0 Å². The lowest BCUT2D eigenvalue weighted by atomic mass is 9.85. The van der Waals surface area contributed by atoms with E-state index in [-0.39, 0.29) is 5.97 Å². The van der Waals surface area contributed by atoms with Crippen molar-refractivity contribution in [3.63, 3.8) is 0 Å². The lowest BCUT2D eigenvalue weighted by Crippen LogP contribution is -2.31. The predicted molar refractivity (Wildman–Crippen MR) is 83.4 cm³/mol. The van der Waals surface area contributed by atoms with E-state index in [0.717, 1.165) is 15.6 Å². The van der Waals surface area contributed by atoms with Crippen LogP contribution in [0.15, 0.2) is 59.1 Å². The molecule has 0 unspecified atom stereocenters. The topological polar surface area (TPSA) is 26.3 Å². The highest BCUT2D eigenvalue weighted by atomic mass is 79.9. The van der Waals surface area contributed by atoms with Crippen LogP contribution in [-0.4, -0.2) is 5.97 Å². The van der Waals surface area contributed by atoms with Crippen LogP contribution in [0.5, 0.6) is 0 Å². The van der Waals surface area contributed by atoms with Crippen molar-refractivity contribution >= 4 is 21.9 Å². The second-order valence-electron chi connectivity index (χ2n) is 5.20. The Morgan fingerprint density at radius 2 is 1.80 bits per heavy atom. The summed E-state index contributed by atoms with van der Waals surface area (Å²) in [5.41, 5.74) is 1.26. The summed E-state index contributed by atoms with van der Waals surface area (Å²) in [6, 6.07) is 17.4. The molecule has 0 aliphatic carbocycles. The normalized spacial score (nSPS) is 11.2. The van der Waals surface area contributed by atoms with Gasteiger partial charge in [-0.1, -0.05) is 58.4 Å². The van der Waals surface area contributed by atoms with E-state index < -0.39 is 5.41 Å². The summed E-state index contributed by atoms with van der Waals surface area (Å²) < 4.78 is 6.39. The minimum atomic E-state index is -0.668. The van der Waals surface area contributed by atoms with E-state index in [2.05, 4.69) is 15.9 Å². The molecule has 2 nitrogen and oxygen atoms in total. The molecule has 0 N–H and O–H groups in total. The second-order valence-corrected chi connectivity index (χ2v) is 6.11. The third-order valence-corrected chi connectivity index (χ3v) is 3.76. The number of carbonyl (C=O) groups excluding carboxylic acids is 1. The van der Waals surface area contributed by atoms with E-state index in [1.807, 2.05) is 68.4 Å². The molecule has 0 aliphatic rings. The minimum absolute atomic E-state index is 0.223. The van der Waals surface area contributed by atoms with Gasteiger partial charge in [0.2, 0.25) is 0 Å². The molecule has 0 heterocycles. The van der Waals surface area contributed by atoms with Crippen LogP contribution in [0.3, 0.4) is 0 Å². The number of esters is 1. The summed E-state index contributed by atoms with van der Waals surface area (Å²) in [4.78, 5) is 12.3. The van der Waals surface area contributed by atoms with Crippen LogP contribution in [0.1, 0.15) is 25.0 Å². The summed E-state index contributed by atoms with van der Waals surface area (Å²) in [7, 11) is 0. The van der Waals surface area contributed by atoms with Gasteiger partial charge >= 0.3 is 5.97 Å². The van der Waals surface area contributed by atoms with Crippen molar-refractivity contribution < 1.29 is 9.53 Å². The van der Waals surface area contributed by atoms with Crippen LogP contribution in [0, 0.1) is 0 Å². The molecule has 2 rings (SSSR count). The van der Waals surface area contributed by atoms with Crippen LogP contribution in [0.25, 0.3) is 0 Å². The first-order valence-corrected chi connectivity index (χ1v) is 7.26. The largest absolute Gasteiger partial charge is 0.460 e. The maximum Gasteiger partial charge on any atom is 0.316 e. The molecule has 0 aromatic heterocycles. The maximum absolute atomic E-state index is 12.3. The molecular formula is C17H17BrO2. The smallest absolute Gasteiger partial charge is 0.316 e. The number of benzene rings is 2. The zero-order chi connectivity index (χ0) is 14.6. The number of ether oxygens (including phenoxy) is 1. The Morgan fingerprint density at radius 3 is 2.45 bits per heavy atom. The van der Waals surface area contributed by atoms with E-state index in [0.29, 0.717) is 6.61 Å². The highest BCUT2D eigenvalue weighted by molar-refractivity contribution is 9.10. The molecular weight excluding hydrogens is 316 g/mol. The van der Waals surface area contributed by atoms with Gasteiger partial charge < -0.3 is 4.74 Å². The standard InChI is InChI=1S/C17H17BrO2/c1-17(2,14-9-6-10-15(18)11-14)16(19)20-12-13-7-4-3-5-8-13/h3-11H,12H2,1-2H3. The highest BCUT2D eigenvalue weighted by Crippen LogP contribution is 2.27. The molecule has 0 fully saturated rings. The Labute approximate surface area is 127 Å². The monoisotopic (exact) mass is 332 g/mol. The van der Waals surface area contributed by atoms with Crippen molar-refractivity contribution in [1.82, 2.24) is 0 Å². The van der Waals surface area contributed by atoms with E-state index in [4.69, 9.17) is 4.74 Å². The van der Waals surface area contributed by atoms with Crippen molar-refractivity contribution in [2.45, 2.75) is 25.9 Å². The van der Waals surface area contributed by atoms with Gasteiger partial charge in [0.15, 0.2) is 0 Å². The fourth-order valence-corrected chi connectivity index (χ4v) is 2.30. The van der Waals surface area contributed by atoms with Gasteiger partial charge in [0.1, 0.15) is 6.61 Å². The van der Waals surface area contributed by atoms with Crippen LogP contribution in [0.4, 0.5) is 0 Å². The maximum atomic E-state index is 12.3. The molecule has 0 aliphatic heterocycles. The number of rotatable bonds is 4. The lowest BCUT2D eigenvalue weighted by Gasteiger charge is -2.23. The summed E-state index contributed by atoms with van der Waals surface area (Å²) in [6.07, 6.45) is 0. The second kappa shape index (κ2) is 6.23. The molecule has 0 atom stereocenters. The van der Waals surface area contributed by atoms with Crippen LogP contribution < -0.4 is 0 Å². The first kappa shape index (κ1) is 14.8. The fourth-order valence-electron chi connectivity index (χ4n) is 1.90. The van der Waals surface area contributed by atoms with Gasteiger partial charge in [0, 0.05) is 4.47 Å². The van der Waals surface area contributed by atoms with Gasteiger partial charge in [-0.25, -0.2) is 0 Å². The molecule has 0 spiro atoms. The number of hydrogen-bond acceptors (Lipinski definition) is 2. The quantitative estimate of drug-likeness (QED) is 0.772. The van der Waals surface area contributed by atoms with Gasteiger partial charge in [-0.2, -0.15) is 0 Å². The minimum Gasteiger partial charge on any atom is -0.460 e. The van der Waals surface area contributed by atoms with E-state index >= 15 is 0 Å². The van der Waals surface area contributed by atoms with Crippen LogP contribution >= 0.6 is 15.9 Å². The van der Waals surface area contributed by atoms with E-state index in [1.165, 1.54) is 0 Å². The van der Waals surface area contributed by atoms with E-state index in [9.17, 15) is 4.79 Å². The first-order valence-electron chi connectivity index (χ1n) is 6.47. The first-order chi connectivity index (χ1) is 9.50. The fraction of sp³-hybridized carbons (Fsp3) is 0.235. The molecule has 2 aromatic rings. The Kier molecular flexibility index (Phi) is 4.61. The zero-order valence-corrected chi connectivity index (χ0v) is 13.2. The van der Waals surface area contributed by atoms with Crippen molar-refractivity contribution in [2.24, 2.45) is 0 Å². The molecule has 0 saturated carbocycles. The Morgan fingerprint density at radius 1 is 1.10 bits per heavy atom. The lowest BCUT2D eigenvalue weighted by molar-refractivity contribution is -0.150. The zero-order valence-electron chi connectivity index (χ0n) is 11.6. The third kappa shape index (κ3) is 3.48. The Balaban J connectivity index is 2.07. The number of hydrogen-bond donors (Lipinski definition) is 0. The molecule has 104 valence electrons. The summed E-state index contributed by atoms with van der Waals surface area (Å²) in [5, 5.41) is 0. The van der Waals surface area contributed by atoms with Gasteiger partial charge in [0.05, 0.1) is 5.41 Å². The molecule has 0 saturated heterocycles. The Bertz CT molecular complexity index is 591. The highest BCUT2D eigenvalue weighted by Gasteiger charge is 2.31. The number of carbonyl (C=O) groups is 1. The molecule has 2 aromatic carbocycles. The van der Waals surface area contributed by atoms with Gasteiger partial charge in [-0.05, 0) is 37.1 Å². The van der Waals surface area contributed by atoms with Crippen molar-refractivity contribution in [3.05, 3.63) is 70.2 Å². The molecule has 0 bridgehead atoms. The molecule has 0 amide bonds. The summed E-state index contributed by atoms with van der Waals surface area (Å²) in [6.45, 7) is 4.06. The van der Waals surface area contributed by atoms with E-state index in [1.54, 1.807) is 0 Å². The summed E-state index contributed by atoms with van der Waals surface area (Å²) in [5.74, 6) is -0.223. The summed E-state index contributed by atoms with van der Waals surface area (Å²) >= 11 is 3.43. The number of halogens is 1. The van der Waals surface area contributed by atoms with Gasteiger partial charge in [-0.3, -0.25) is 4.79 Å². The van der Waals surface area contributed by atoms with Crippen molar-refractivity contribution in [2.75, 3.05) is 0 Å². The average Bonchev–Trinajstić information content (AvgIpc) is 2.45. The van der Waals surface area contributed by atoms with Crippen molar-refractivity contribution in [1.29, 1.82) is 0 Å². The SMILES string of the molecule is CC(C)(C(=O)OCc1ccccc1)c1cccc(Br)c1.